The third-order valence-corrected chi connectivity index (χ3v) is 4.71. The molecule has 0 aliphatic carbocycles. The van der Waals surface area contributed by atoms with Crippen molar-refractivity contribution in [1.82, 2.24) is 24.9 Å². The number of carbonyl (C=O) groups is 2. The van der Waals surface area contributed by atoms with E-state index in [0.29, 0.717) is 37.8 Å². The van der Waals surface area contributed by atoms with Gasteiger partial charge < -0.3 is 14.3 Å². The van der Waals surface area contributed by atoms with Gasteiger partial charge in [-0.3, -0.25) is 14.6 Å². The number of hydrogen-bond donors (Lipinski definition) is 0. The molecule has 1 aliphatic heterocycles. The lowest BCUT2D eigenvalue weighted by atomic mass is 10.1. The number of pyridine rings is 1. The van der Waals surface area contributed by atoms with Crippen LogP contribution in [0.5, 0.6) is 0 Å². The summed E-state index contributed by atoms with van der Waals surface area (Å²) in [5.41, 5.74) is 1.01. The molecule has 3 rings (SSSR count). The number of rotatable bonds is 7. The van der Waals surface area contributed by atoms with Crippen LogP contribution >= 0.6 is 0 Å². The fourth-order valence-electron chi connectivity index (χ4n) is 3.09. The standard InChI is InChI=1S/C19H25N5O3/c1-13(2)18-21-16(22-27-18)6-9-23(3)19(26)15-10-17(25)24(12-15)11-14-4-7-20-8-5-14/h4-5,7-8,13,15H,6,9-12H2,1-3H3/t15-/m1/s1. The van der Waals surface area contributed by atoms with Crippen LogP contribution < -0.4 is 0 Å². The minimum atomic E-state index is -0.305. The van der Waals surface area contributed by atoms with E-state index in [4.69, 9.17) is 4.52 Å². The molecule has 2 aromatic heterocycles. The molecular formula is C19H25N5O3. The predicted molar refractivity (Wildman–Crippen MR) is 97.5 cm³/mol. The van der Waals surface area contributed by atoms with Crippen LogP contribution in [0.3, 0.4) is 0 Å². The highest BCUT2D eigenvalue weighted by molar-refractivity contribution is 5.89. The van der Waals surface area contributed by atoms with E-state index in [1.54, 1.807) is 29.2 Å². The first kappa shape index (κ1) is 19.0. The molecule has 0 saturated carbocycles. The van der Waals surface area contributed by atoms with Crippen molar-refractivity contribution in [2.24, 2.45) is 5.92 Å². The highest BCUT2D eigenvalue weighted by Gasteiger charge is 2.35. The van der Waals surface area contributed by atoms with Gasteiger partial charge in [0.05, 0.1) is 5.92 Å². The van der Waals surface area contributed by atoms with Gasteiger partial charge in [0.15, 0.2) is 5.82 Å². The Bertz CT molecular complexity index is 790. The average Bonchev–Trinajstić information content (AvgIpc) is 3.27. The summed E-state index contributed by atoms with van der Waals surface area (Å²) in [6, 6.07) is 3.76. The summed E-state index contributed by atoms with van der Waals surface area (Å²) in [7, 11) is 1.75. The summed E-state index contributed by atoms with van der Waals surface area (Å²) in [5, 5.41) is 3.95. The molecule has 2 amide bonds. The van der Waals surface area contributed by atoms with Crippen LogP contribution in [0.2, 0.25) is 0 Å². The van der Waals surface area contributed by atoms with Crippen LogP contribution in [0.15, 0.2) is 29.0 Å². The Balaban J connectivity index is 1.51. The van der Waals surface area contributed by atoms with Gasteiger partial charge in [0.2, 0.25) is 17.7 Å². The molecular weight excluding hydrogens is 346 g/mol. The maximum Gasteiger partial charge on any atom is 0.229 e. The fraction of sp³-hybridized carbons (Fsp3) is 0.526. The van der Waals surface area contributed by atoms with E-state index in [-0.39, 0.29) is 30.1 Å². The van der Waals surface area contributed by atoms with Gasteiger partial charge in [0.25, 0.3) is 0 Å². The summed E-state index contributed by atoms with van der Waals surface area (Å²) < 4.78 is 5.18. The van der Waals surface area contributed by atoms with Crippen LogP contribution in [0.25, 0.3) is 0 Å². The van der Waals surface area contributed by atoms with E-state index in [9.17, 15) is 9.59 Å². The highest BCUT2D eigenvalue weighted by atomic mass is 16.5. The second kappa shape index (κ2) is 8.28. The monoisotopic (exact) mass is 371 g/mol. The number of nitrogens with zero attached hydrogens (tertiary/aromatic N) is 5. The number of hydrogen-bond acceptors (Lipinski definition) is 6. The molecule has 1 atom stereocenters. The summed E-state index contributed by atoms with van der Waals surface area (Å²) in [6.07, 6.45) is 4.19. The summed E-state index contributed by atoms with van der Waals surface area (Å²) in [4.78, 5) is 36.7. The maximum atomic E-state index is 12.7. The topological polar surface area (TPSA) is 92.4 Å². The lowest BCUT2D eigenvalue weighted by Crippen LogP contribution is -2.36. The second-order valence-corrected chi connectivity index (χ2v) is 7.24. The van der Waals surface area contributed by atoms with Gasteiger partial charge in [-0.15, -0.1) is 0 Å². The van der Waals surface area contributed by atoms with E-state index in [1.165, 1.54) is 0 Å². The lowest BCUT2D eigenvalue weighted by molar-refractivity contribution is -0.134. The summed E-state index contributed by atoms with van der Waals surface area (Å²) in [6.45, 7) is 5.42. The lowest BCUT2D eigenvalue weighted by Gasteiger charge is -2.21. The van der Waals surface area contributed by atoms with Crippen molar-refractivity contribution in [3.8, 4) is 0 Å². The number of aromatic nitrogens is 3. The fourth-order valence-corrected chi connectivity index (χ4v) is 3.09. The van der Waals surface area contributed by atoms with Gasteiger partial charge in [-0.25, -0.2) is 0 Å². The molecule has 1 saturated heterocycles. The Hall–Kier alpha value is -2.77. The number of carbonyl (C=O) groups excluding carboxylic acids is 2. The van der Waals surface area contributed by atoms with Gasteiger partial charge in [0.1, 0.15) is 0 Å². The molecule has 27 heavy (non-hydrogen) atoms. The molecule has 0 bridgehead atoms. The minimum Gasteiger partial charge on any atom is -0.345 e. The Morgan fingerprint density at radius 2 is 2.11 bits per heavy atom. The zero-order valence-electron chi connectivity index (χ0n) is 16.0. The molecule has 144 valence electrons. The van der Waals surface area contributed by atoms with Crippen LogP contribution in [0.4, 0.5) is 0 Å². The number of amides is 2. The zero-order valence-corrected chi connectivity index (χ0v) is 16.0. The van der Waals surface area contributed by atoms with Gasteiger partial charge in [-0.05, 0) is 17.7 Å². The Kier molecular flexibility index (Phi) is 5.83. The van der Waals surface area contributed by atoms with Crippen molar-refractivity contribution >= 4 is 11.8 Å². The van der Waals surface area contributed by atoms with E-state index < -0.39 is 0 Å². The quantitative estimate of drug-likeness (QED) is 0.735. The molecule has 0 radical (unpaired) electrons. The first-order valence-corrected chi connectivity index (χ1v) is 9.18. The van der Waals surface area contributed by atoms with Crippen molar-refractivity contribution in [2.45, 2.75) is 39.2 Å². The van der Waals surface area contributed by atoms with Gasteiger partial charge in [0, 0.05) is 57.8 Å². The molecule has 0 spiro atoms. The van der Waals surface area contributed by atoms with Crippen LogP contribution in [0.1, 0.15) is 43.5 Å². The van der Waals surface area contributed by atoms with Crippen molar-refractivity contribution in [1.29, 1.82) is 0 Å². The summed E-state index contributed by atoms with van der Waals surface area (Å²) in [5.74, 6) is 1.07. The number of likely N-dealkylation sites (tertiary alicyclic amines) is 1. The van der Waals surface area contributed by atoms with Gasteiger partial charge in [-0.1, -0.05) is 19.0 Å². The second-order valence-electron chi connectivity index (χ2n) is 7.24. The molecule has 8 heteroatoms. The molecule has 0 unspecified atom stereocenters. The summed E-state index contributed by atoms with van der Waals surface area (Å²) >= 11 is 0. The Morgan fingerprint density at radius 3 is 2.78 bits per heavy atom. The first-order valence-electron chi connectivity index (χ1n) is 9.18. The predicted octanol–water partition coefficient (Wildman–Crippen LogP) is 1.64. The maximum absolute atomic E-state index is 12.7. The largest absolute Gasteiger partial charge is 0.345 e. The molecule has 0 aromatic carbocycles. The molecule has 2 aromatic rings. The SMILES string of the molecule is CC(C)c1nc(CCN(C)C(=O)[C@@H]2CC(=O)N(Cc3ccncc3)C2)no1. The molecule has 8 nitrogen and oxygen atoms in total. The first-order chi connectivity index (χ1) is 12.9. The van der Waals surface area contributed by atoms with Crippen LogP contribution in [0, 0.1) is 5.92 Å². The van der Waals surface area contributed by atoms with E-state index in [0.717, 1.165) is 5.56 Å². The van der Waals surface area contributed by atoms with Crippen molar-refractivity contribution in [2.75, 3.05) is 20.1 Å². The van der Waals surface area contributed by atoms with E-state index >= 15 is 0 Å². The molecule has 1 fully saturated rings. The van der Waals surface area contributed by atoms with Crippen molar-refractivity contribution in [3.63, 3.8) is 0 Å². The van der Waals surface area contributed by atoms with E-state index in [1.807, 2.05) is 26.0 Å². The smallest absolute Gasteiger partial charge is 0.229 e. The van der Waals surface area contributed by atoms with Gasteiger partial charge in [-0.2, -0.15) is 4.98 Å². The molecule has 1 aliphatic rings. The third-order valence-electron chi connectivity index (χ3n) is 4.71. The Labute approximate surface area is 158 Å². The van der Waals surface area contributed by atoms with Crippen molar-refractivity contribution < 1.29 is 14.1 Å². The van der Waals surface area contributed by atoms with Crippen molar-refractivity contribution in [3.05, 3.63) is 41.8 Å². The van der Waals surface area contributed by atoms with Crippen LogP contribution in [-0.2, 0) is 22.6 Å². The van der Waals surface area contributed by atoms with E-state index in [2.05, 4.69) is 15.1 Å². The van der Waals surface area contributed by atoms with Gasteiger partial charge >= 0.3 is 0 Å². The average molecular weight is 371 g/mol. The van der Waals surface area contributed by atoms with Crippen LogP contribution in [-0.4, -0.2) is 56.9 Å². The Morgan fingerprint density at radius 1 is 1.37 bits per heavy atom. The normalized spacial score (nSPS) is 17.0. The zero-order chi connectivity index (χ0) is 19.4. The molecule has 3 heterocycles. The molecule has 0 N–H and O–H groups in total. The minimum absolute atomic E-state index is 0.0123. The number of likely N-dealkylation sites (N-methyl/N-ethyl adjacent to an activating group) is 1. The highest BCUT2D eigenvalue weighted by Crippen LogP contribution is 2.22. The third kappa shape index (κ3) is 4.69.